The van der Waals surface area contributed by atoms with E-state index in [1.807, 2.05) is 0 Å². The number of carbonyl (C=O) groups is 1. The second kappa shape index (κ2) is 6.53. The maximum Gasteiger partial charge on any atom is 0.322 e. The molecule has 1 fully saturated rings. The van der Waals surface area contributed by atoms with Crippen molar-refractivity contribution in [3.8, 4) is 0 Å². The molecule has 3 nitrogen and oxygen atoms in total. The molecule has 1 N–H and O–H groups in total. The number of rotatable bonds is 7. The van der Waals surface area contributed by atoms with E-state index in [-0.39, 0.29) is 12.0 Å². The van der Waals surface area contributed by atoms with E-state index < -0.39 is 0 Å². The van der Waals surface area contributed by atoms with Crippen LogP contribution in [0.2, 0.25) is 0 Å². The van der Waals surface area contributed by atoms with Crippen LogP contribution in [0.4, 0.5) is 0 Å². The van der Waals surface area contributed by atoms with E-state index in [9.17, 15) is 4.79 Å². The minimum atomic E-state index is -0.197. The highest BCUT2D eigenvalue weighted by molar-refractivity contribution is 7.10. The predicted octanol–water partition coefficient (Wildman–Crippen LogP) is 3.38. The SMILES string of the molecule is COC(=O)C(CC(C)C)NC(c1cccs1)C1CC1. The lowest BCUT2D eigenvalue weighted by Gasteiger charge is -2.24. The number of hydrogen-bond acceptors (Lipinski definition) is 4. The fourth-order valence-corrected chi connectivity index (χ4v) is 3.29. The molecule has 0 bridgehead atoms. The van der Waals surface area contributed by atoms with E-state index in [0.29, 0.717) is 17.9 Å². The summed E-state index contributed by atoms with van der Waals surface area (Å²) in [5.41, 5.74) is 0. The summed E-state index contributed by atoms with van der Waals surface area (Å²) < 4.78 is 4.93. The van der Waals surface area contributed by atoms with Crippen LogP contribution in [0.15, 0.2) is 17.5 Å². The average Bonchev–Trinajstić information content (AvgIpc) is 3.07. The van der Waals surface area contributed by atoms with Crippen molar-refractivity contribution >= 4 is 17.3 Å². The number of thiophene rings is 1. The van der Waals surface area contributed by atoms with Gasteiger partial charge in [-0.15, -0.1) is 11.3 Å². The lowest BCUT2D eigenvalue weighted by molar-refractivity contribution is -0.143. The van der Waals surface area contributed by atoms with Crippen LogP contribution in [-0.2, 0) is 9.53 Å². The summed E-state index contributed by atoms with van der Waals surface area (Å²) in [4.78, 5) is 13.2. The van der Waals surface area contributed by atoms with Gasteiger partial charge in [-0.25, -0.2) is 0 Å². The topological polar surface area (TPSA) is 38.3 Å². The van der Waals surface area contributed by atoms with Gasteiger partial charge in [0.1, 0.15) is 6.04 Å². The molecule has 1 aromatic rings. The van der Waals surface area contributed by atoms with Gasteiger partial charge in [-0.3, -0.25) is 10.1 Å². The molecule has 2 atom stereocenters. The van der Waals surface area contributed by atoms with Gasteiger partial charge in [-0.1, -0.05) is 19.9 Å². The van der Waals surface area contributed by atoms with E-state index in [0.717, 1.165) is 6.42 Å². The Morgan fingerprint density at radius 2 is 2.26 bits per heavy atom. The van der Waals surface area contributed by atoms with Crippen molar-refractivity contribution in [2.24, 2.45) is 11.8 Å². The van der Waals surface area contributed by atoms with Crippen molar-refractivity contribution in [3.05, 3.63) is 22.4 Å². The highest BCUT2D eigenvalue weighted by Crippen LogP contribution is 2.42. The third-order valence-corrected chi connectivity index (χ3v) is 4.47. The second-order valence-electron chi connectivity index (χ2n) is 5.70. The number of esters is 1. The molecule has 0 aliphatic heterocycles. The fourth-order valence-electron chi connectivity index (χ4n) is 2.41. The molecule has 1 heterocycles. The van der Waals surface area contributed by atoms with E-state index in [1.54, 1.807) is 11.3 Å². The average molecular weight is 281 g/mol. The Hall–Kier alpha value is -0.870. The molecule has 1 aliphatic rings. The molecule has 4 heteroatoms. The van der Waals surface area contributed by atoms with Crippen molar-refractivity contribution < 1.29 is 9.53 Å². The Kier molecular flexibility index (Phi) is 4.99. The summed E-state index contributed by atoms with van der Waals surface area (Å²) in [6.07, 6.45) is 3.33. The Labute approximate surface area is 119 Å². The summed E-state index contributed by atoms with van der Waals surface area (Å²) in [5.74, 6) is 1.01. The summed E-state index contributed by atoms with van der Waals surface area (Å²) in [5, 5.41) is 5.64. The van der Waals surface area contributed by atoms with Gasteiger partial charge in [0.2, 0.25) is 0 Å². The van der Waals surface area contributed by atoms with Crippen LogP contribution in [0, 0.1) is 11.8 Å². The number of methoxy groups -OCH3 is 1. The van der Waals surface area contributed by atoms with Crippen LogP contribution >= 0.6 is 11.3 Å². The Morgan fingerprint density at radius 3 is 2.74 bits per heavy atom. The first-order valence-electron chi connectivity index (χ1n) is 6.99. The zero-order chi connectivity index (χ0) is 13.8. The van der Waals surface area contributed by atoms with Crippen molar-refractivity contribution in [2.75, 3.05) is 7.11 Å². The standard InChI is InChI=1S/C15H23NO2S/c1-10(2)9-12(15(17)18-3)16-14(11-6-7-11)13-5-4-8-19-13/h4-5,8,10-12,14,16H,6-7,9H2,1-3H3. The van der Waals surface area contributed by atoms with Crippen LogP contribution in [-0.4, -0.2) is 19.1 Å². The summed E-state index contributed by atoms with van der Waals surface area (Å²) in [6.45, 7) is 4.27. The zero-order valence-corrected chi connectivity index (χ0v) is 12.7. The largest absolute Gasteiger partial charge is 0.468 e. The third-order valence-electron chi connectivity index (χ3n) is 3.52. The quantitative estimate of drug-likeness (QED) is 0.779. The minimum absolute atomic E-state index is 0.143. The van der Waals surface area contributed by atoms with Gasteiger partial charge >= 0.3 is 5.97 Å². The molecule has 2 rings (SSSR count). The molecule has 0 aromatic carbocycles. The number of nitrogens with one attached hydrogen (secondary N) is 1. The van der Waals surface area contributed by atoms with Crippen molar-refractivity contribution in [1.29, 1.82) is 0 Å². The van der Waals surface area contributed by atoms with E-state index in [2.05, 4.69) is 36.7 Å². The fraction of sp³-hybridized carbons (Fsp3) is 0.667. The summed E-state index contributed by atoms with van der Waals surface area (Å²) >= 11 is 1.76. The number of hydrogen-bond donors (Lipinski definition) is 1. The molecule has 106 valence electrons. The third kappa shape index (κ3) is 4.05. The molecular formula is C15H23NO2S. The molecule has 19 heavy (non-hydrogen) atoms. The van der Waals surface area contributed by atoms with Gasteiger partial charge in [0.15, 0.2) is 0 Å². The van der Waals surface area contributed by atoms with E-state index in [4.69, 9.17) is 4.74 Å². The van der Waals surface area contributed by atoms with Crippen LogP contribution in [0.25, 0.3) is 0 Å². The van der Waals surface area contributed by atoms with Crippen LogP contribution < -0.4 is 5.32 Å². The van der Waals surface area contributed by atoms with Gasteiger partial charge < -0.3 is 4.74 Å². The van der Waals surface area contributed by atoms with Gasteiger partial charge in [-0.2, -0.15) is 0 Å². The van der Waals surface area contributed by atoms with Crippen molar-refractivity contribution in [3.63, 3.8) is 0 Å². The molecule has 1 aromatic heterocycles. The van der Waals surface area contributed by atoms with E-state index in [1.165, 1.54) is 24.8 Å². The number of ether oxygens (including phenoxy) is 1. The summed E-state index contributed by atoms with van der Waals surface area (Å²) in [7, 11) is 1.47. The van der Waals surface area contributed by atoms with Gasteiger partial charge in [0, 0.05) is 10.9 Å². The van der Waals surface area contributed by atoms with Gasteiger partial charge in [0.05, 0.1) is 7.11 Å². The van der Waals surface area contributed by atoms with Crippen molar-refractivity contribution in [1.82, 2.24) is 5.32 Å². The lowest BCUT2D eigenvalue weighted by atomic mass is 10.0. The maximum absolute atomic E-state index is 11.9. The second-order valence-corrected chi connectivity index (χ2v) is 6.68. The molecule has 1 aliphatic carbocycles. The maximum atomic E-state index is 11.9. The molecule has 0 amide bonds. The van der Waals surface area contributed by atoms with Crippen molar-refractivity contribution in [2.45, 2.75) is 45.2 Å². The van der Waals surface area contributed by atoms with E-state index >= 15 is 0 Å². The van der Waals surface area contributed by atoms with Crippen LogP contribution in [0.5, 0.6) is 0 Å². The molecule has 0 saturated heterocycles. The molecule has 0 radical (unpaired) electrons. The first-order valence-corrected chi connectivity index (χ1v) is 7.87. The minimum Gasteiger partial charge on any atom is -0.468 e. The smallest absolute Gasteiger partial charge is 0.322 e. The van der Waals surface area contributed by atoms with Gasteiger partial charge in [0.25, 0.3) is 0 Å². The molecule has 0 spiro atoms. The lowest BCUT2D eigenvalue weighted by Crippen LogP contribution is -2.41. The van der Waals surface area contributed by atoms with Crippen LogP contribution in [0.1, 0.15) is 44.0 Å². The first-order chi connectivity index (χ1) is 9.11. The number of carbonyl (C=O) groups excluding carboxylic acids is 1. The highest BCUT2D eigenvalue weighted by atomic mass is 32.1. The summed E-state index contributed by atoms with van der Waals surface area (Å²) in [6, 6.07) is 4.34. The Balaban J connectivity index is 2.06. The zero-order valence-electron chi connectivity index (χ0n) is 11.9. The van der Waals surface area contributed by atoms with Crippen LogP contribution in [0.3, 0.4) is 0 Å². The Bertz CT molecular complexity index is 398. The Morgan fingerprint density at radius 1 is 1.53 bits per heavy atom. The highest BCUT2D eigenvalue weighted by Gasteiger charge is 2.36. The molecular weight excluding hydrogens is 258 g/mol. The predicted molar refractivity (Wildman–Crippen MR) is 78.2 cm³/mol. The normalized spacial score (nSPS) is 18.3. The first kappa shape index (κ1) is 14.5. The van der Waals surface area contributed by atoms with Gasteiger partial charge in [-0.05, 0) is 42.5 Å². The monoisotopic (exact) mass is 281 g/mol. The molecule has 2 unspecified atom stereocenters. The molecule has 1 saturated carbocycles.